The Morgan fingerprint density at radius 1 is 1.33 bits per heavy atom. The Morgan fingerprint density at radius 3 is 2.07 bits per heavy atom. The number of halogens is 2. The molecule has 1 fully saturated rings. The lowest BCUT2D eigenvalue weighted by Gasteiger charge is -2.20. The fourth-order valence-electron chi connectivity index (χ4n) is 0.869. The van der Waals surface area contributed by atoms with Crippen molar-refractivity contribution in [2.24, 2.45) is 5.92 Å². The van der Waals surface area contributed by atoms with E-state index in [4.69, 9.17) is 4.74 Å². The fourth-order valence-corrected chi connectivity index (χ4v) is 0.869. The number of alkyl halides is 2. The van der Waals surface area contributed by atoms with Gasteiger partial charge >= 0.3 is 0 Å². The first-order valence-corrected chi connectivity index (χ1v) is 4.74. The summed E-state index contributed by atoms with van der Waals surface area (Å²) in [5.74, 6) is 1.35. The number of hydrogen-bond acceptors (Lipinski definition) is 3. The summed E-state index contributed by atoms with van der Waals surface area (Å²) in [6, 6.07) is 0. The molecule has 1 aromatic heterocycles. The predicted octanol–water partition coefficient (Wildman–Crippen LogP) is 2.38. The van der Waals surface area contributed by atoms with Gasteiger partial charge in [0, 0.05) is 18.3 Å². The fraction of sp³-hybridized carbons (Fsp3) is 0.600. The highest BCUT2D eigenvalue weighted by molar-refractivity contribution is 5.05. The molecule has 0 saturated carbocycles. The van der Waals surface area contributed by atoms with E-state index in [1.54, 1.807) is 6.92 Å². The summed E-state index contributed by atoms with van der Waals surface area (Å²) in [6.45, 7) is 5.80. The molecule has 0 aromatic carbocycles. The lowest BCUT2D eigenvalue weighted by molar-refractivity contribution is -0.0221. The van der Waals surface area contributed by atoms with Crippen molar-refractivity contribution < 1.29 is 13.5 Å². The maximum Gasteiger partial charge on any atom is 0.266 e. The van der Waals surface area contributed by atoms with Crippen LogP contribution in [-0.4, -0.2) is 23.2 Å². The van der Waals surface area contributed by atoms with E-state index in [-0.39, 0.29) is 5.56 Å². The van der Waals surface area contributed by atoms with Gasteiger partial charge in [0.25, 0.3) is 6.43 Å². The molecule has 0 atom stereocenters. The van der Waals surface area contributed by atoms with E-state index < -0.39 is 6.43 Å². The largest absolute Gasteiger partial charge is 0.381 e. The van der Waals surface area contributed by atoms with Gasteiger partial charge in [-0.15, -0.1) is 0 Å². The van der Waals surface area contributed by atoms with E-state index in [0.717, 1.165) is 31.5 Å². The Bertz CT molecular complexity index is 286. The van der Waals surface area contributed by atoms with Gasteiger partial charge in [0.1, 0.15) is 5.82 Å². The van der Waals surface area contributed by atoms with Crippen LogP contribution < -0.4 is 0 Å². The summed E-state index contributed by atoms with van der Waals surface area (Å²) < 4.78 is 28.5. The molecule has 5 heteroatoms. The van der Waals surface area contributed by atoms with Gasteiger partial charge in [0.2, 0.25) is 0 Å². The Labute approximate surface area is 87.5 Å². The van der Waals surface area contributed by atoms with Crippen LogP contribution in [0.3, 0.4) is 0 Å². The van der Waals surface area contributed by atoms with Crippen LogP contribution in [0.2, 0.25) is 0 Å². The van der Waals surface area contributed by atoms with Gasteiger partial charge in [-0.1, -0.05) is 6.92 Å². The van der Waals surface area contributed by atoms with E-state index >= 15 is 0 Å². The molecule has 0 spiro atoms. The van der Waals surface area contributed by atoms with Crippen LogP contribution in [0.4, 0.5) is 8.78 Å². The molecule has 1 aromatic rings. The molecule has 0 aliphatic carbocycles. The third kappa shape index (κ3) is 4.29. The highest BCUT2D eigenvalue weighted by atomic mass is 19.3. The van der Waals surface area contributed by atoms with Gasteiger partial charge in [0.15, 0.2) is 0 Å². The molecule has 0 N–H and O–H groups in total. The predicted molar refractivity (Wildman–Crippen MR) is 51.7 cm³/mol. The monoisotopic (exact) mass is 216 g/mol. The van der Waals surface area contributed by atoms with E-state index in [1.165, 1.54) is 0 Å². The highest BCUT2D eigenvalue weighted by Crippen LogP contribution is 2.15. The average Bonchev–Trinajstić information content (AvgIpc) is 2.16. The first-order chi connectivity index (χ1) is 7.09. The molecule has 2 rings (SSSR count). The van der Waals surface area contributed by atoms with E-state index in [1.807, 2.05) is 0 Å². The van der Waals surface area contributed by atoms with Crippen molar-refractivity contribution in [3.05, 3.63) is 23.8 Å². The smallest absolute Gasteiger partial charge is 0.266 e. The number of nitrogens with zero attached hydrogens (tertiary/aromatic N) is 2. The lowest BCUT2D eigenvalue weighted by Crippen LogP contribution is -2.23. The maximum absolute atomic E-state index is 11.8. The van der Waals surface area contributed by atoms with E-state index in [2.05, 4.69) is 16.9 Å². The zero-order valence-electron chi connectivity index (χ0n) is 8.78. The summed E-state index contributed by atoms with van der Waals surface area (Å²) in [5, 5.41) is 0. The molecule has 0 radical (unpaired) electrons. The van der Waals surface area contributed by atoms with E-state index in [0.29, 0.717) is 5.82 Å². The zero-order chi connectivity index (χ0) is 11.3. The first kappa shape index (κ1) is 12.0. The van der Waals surface area contributed by atoms with Crippen LogP contribution in [0.15, 0.2) is 12.4 Å². The van der Waals surface area contributed by atoms with Crippen molar-refractivity contribution in [3.63, 3.8) is 0 Å². The van der Waals surface area contributed by atoms with Gasteiger partial charge < -0.3 is 4.74 Å². The first-order valence-electron chi connectivity index (χ1n) is 4.74. The minimum absolute atomic E-state index is 0.134. The Morgan fingerprint density at radius 2 is 1.80 bits per heavy atom. The number of aromatic nitrogens is 2. The minimum Gasteiger partial charge on any atom is -0.381 e. The topological polar surface area (TPSA) is 35.0 Å². The summed E-state index contributed by atoms with van der Waals surface area (Å²) >= 11 is 0. The van der Waals surface area contributed by atoms with Crippen molar-refractivity contribution in [1.29, 1.82) is 0 Å². The molecule has 15 heavy (non-hydrogen) atoms. The summed E-state index contributed by atoms with van der Waals surface area (Å²) in [5.41, 5.74) is -0.134. The molecule has 0 amide bonds. The molecule has 0 unspecified atom stereocenters. The molecular formula is C10H14F2N2O. The summed E-state index contributed by atoms with van der Waals surface area (Å²) in [7, 11) is 0. The van der Waals surface area contributed by atoms with Crippen molar-refractivity contribution in [2.75, 3.05) is 13.2 Å². The second-order valence-electron chi connectivity index (χ2n) is 3.51. The molecule has 0 bridgehead atoms. The third-order valence-electron chi connectivity index (χ3n) is 1.86. The summed E-state index contributed by atoms with van der Waals surface area (Å²) in [6.07, 6.45) is -0.208. The minimum atomic E-state index is -2.47. The molecule has 1 saturated heterocycles. The quantitative estimate of drug-likeness (QED) is 0.722. The van der Waals surface area contributed by atoms with Gasteiger partial charge in [-0.2, -0.15) is 0 Å². The Balaban J connectivity index is 0.000000187. The van der Waals surface area contributed by atoms with Gasteiger partial charge in [-0.05, 0) is 6.92 Å². The SMILES string of the molecule is CC1COC1.Cc1ncc(C(F)F)cn1. The number of aryl methyl sites for hydroxylation is 1. The normalized spacial score (nSPS) is 15.5. The average molecular weight is 216 g/mol. The molecule has 3 nitrogen and oxygen atoms in total. The van der Waals surface area contributed by atoms with Crippen molar-refractivity contribution in [2.45, 2.75) is 20.3 Å². The molecular weight excluding hydrogens is 202 g/mol. The second-order valence-corrected chi connectivity index (χ2v) is 3.51. The van der Waals surface area contributed by atoms with Crippen molar-refractivity contribution >= 4 is 0 Å². The Kier molecular flexibility index (Phi) is 4.55. The van der Waals surface area contributed by atoms with Crippen LogP contribution in [0.5, 0.6) is 0 Å². The number of rotatable bonds is 1. The van der Waals surface area contributed by atoms with Gasteiger partial charge in [0.05, 0.1) is 18.8 Å². The second kappa shape index (κ2) is 5.70. The highest BCUT2D eigenvalue weighted by Gasteiger charge is 2.09. The number of hydrogen-bond donors (Lipinski definition) is 0. The Hall–Kier alpha value is -1.10. The number of ether oxygens (including phenoxy) is 1. The standard InChI is InChI=1S/C6H6F2N2.C4H8O/c1-4-9-2-5(3-10-4)6(7)8;1-4-2-5-3-4/h2-3,6H,1H3;4H,2-3H2,1H3. The molecule has 2 heterocycles. The van der Waals surface area contributed by atoms with Crippen LogP contribution in [-0.2, 0) is 4.74 Å². The van der Waals surface area contributed by atoms with Crippen molar-refractivity contribution in [3.8, 4) is 0 Å². The van der Waals surface area contributed by atoms with Gasteiger partial charge in [-0.3, -0.25) is 0 Å². The van der Waals surface area contributed by atoms with Gasteiger partial charge in [-0.25, -0.2) is 18.7 Å². The molecule has 84 valence electrons. The van der Waals surface area contributed by atoms with Crippen LogP contribution >= 0.6 is 0 Å². The van der Waals surface area contributed by atoms with E-state index in [9.17, 15) is 8.78 Å². The lowest BCUT2D eigenvalue weighted by atomic mass is 10.2. The van der Waals surface area contributed by atoms with Crippen LogP contribution in [0.1, 0.15) is 24.7 Å². The third-order valence-corrected chi connectivity index (χ3v) is 1.86. The molecule has 1 aliphatic rings. The maximum atomic E-state index is 11.8. The zero-order valence-corrected chi connectivity index (χ0v) is 8.78. The van der Waals surface area contributed by atoms with Crippen LogP contribution in [0.25, 0.3) is 0 Å². The van der Waals surface area contributed by atoms with Crippen LogP contribution in [0, 0.1) is 12.8 Å². The molecule has 1 aliphatic heterocycles. The summed E-state index contributed by atoms with van der Waals surface area (Å²) in [4.78, 5) is 7.22. The van der Waals surface area contributed by atoms with Crippen molar-refractivity contribution in [1.82, 2.24) is 9.97 Å².